The molecule has 5 heteroatoms. The molecule has 1 atom stereocenters. The molecule has 1 heterocycles. The normalized spacial score (nSPS) is 15.5. The molecule has 1 amide bonds. The quantitative estimate of drug-likeness (QED) is 0.831. The molecule has 1 aromatic carbocycles. The maximum atomic E-state index is 12.8. The van der Waals surface area contributed by atoms with E-state index in [0.29, 0.717) is 0 Å². The molecular weight excluding hydrogens is 348 g/mol. The molecule has 26 heavy (non-hydrogen) atoms. The van der Waals surface area contributed by atoms with Crippen molar-refractivity contribution in [2.75, 3.05) is 5.88 Å². The number of benzene rings is 1. The van der Waals surface area contributed by atoms with Crippen LogP contribution < -0.4 is 10.9 Å². The van der Waals surface area contributed by atoms with Crippen molar-refractivity contribution in [2.24, 2.45) is 7.05 Å². The first-order valence-corrected chi connectivity index (χ1v) is 9.79. The Morgan fingerprint density at radius 2 is 1.85 bits per heavy atom. The first-order chi connectivity index (χ1) is 12.6. The van der Waals surface area contributed by atoms with Gasteiger partial charge in [-0.25, -0.2) is 0 Å². The molecule has 0 bridgehead atoms. The Hall–Kier alpha value is -2.07. The molecule has 4 nitrogen and oxygen atoms in total. The van der Waals surface area contributed by atoms with E-state index < -0.39 is 0 Å². The van der Waals surface area contributed by atoms with E-state index in [0.717, 1.165) is 42.5 Å². The van der Waals surface area contributed by atoms with Gasteiger partial charge in [-0.15, -0.1) is 11.6 Å². The second-order valence-electron chi connectivity index (χ2n) is 6.90. The highest BCUT2D eigenvalue weighted by molar-refractivity contribution is 6.18. The maximum absolute atomic E-state index is 12.8. The van der Waals surface area contributed by atoms with Crippen molar-refractivity contribution in [3.8, 4) is 0 Å². The smallest absolute Gasteiger partial charge is 0.263 e. The summed E-state index contributed by atoms with van der Waals surface area (Å²) in [7, 11) is 1.77. The molecule has 0 spiro atoms. The number of amides is 1. The number of aryl methyl sites for hydroxylation is 1. The van der Waals surface area contributed by atoms with Gasteiger partial charge in [-0.1, -0.05) is 43.2 Å². The molecule has 2 aromatic rings. The van der Waals surface area contributed by atoms with Crippen LogP contribution in [0.2, 0.25) is 0 Å². The van der Waals surface area contributed by atoms with Gasteiger partial charge in [0.25, 0.3) is 11.5 Å². The maximum Gasteiger partial charge on any atom is 0.263 e. The lowest BCUT2D eigenvalue weighted by molar-refractivity contribution is 0.0938. The molecule has 1 aliphatic rings. The third kappa shape index (κ3) is 4.01. The van der Waals surface area contributed by atoms with Crippen molar-refractivity contribution in [2.45, 2.75) is 44.6 Å². The number of pyridine rings is 1. The number of rotatable bonds is 4. The lowest BCUT2D eigenvalue weighted by Gasteiger charge is -2.20. The number of fused-ring (bicyclic) bond motifs is 1. The van der Waals surface area contributed by atoms with E-state index in [4.69, 9.17) is 11.6 Å². The highest BCUT2D eigenvalue weighted by atomic mass is 35.5. The fraction of sp³-hybridized carbons (Fsp3) is 0.429. The molecule has 0 saturated carbocycles. The molecule has 138 valence electrons. The lowest BCUT2D eigenvalue weighted by atomic mass is 9.95. The van der Waals surface area contributed by atoms with Gasteiger partial charge in [-0.05, 0) is 42.9 Å². The minimum Gasteiger partial charge on any atom is -0.344 e. The Labute approximate surface area is 159 Å². The predicted octanol–water partition coefficient (Wildman–Crippen LogP) is 3.75. The molecule has 1 N–H and O–H groups in total. The zero-order chi connectivity index (χ0) is 18.5. The van der Waals surface area contributed by atoms with Crippen LogP contribution in [-0.2, 0) is 19.9 Å². The second kappa shape index (κ2) is 8.54. The van der Waals surface area contributed by atoms with Crippen LogP contribution in [0.3, 0.4) is 0 Å². The number of nitrogens with zero attached hydrogens (tertiary/aromatic N) is 1. The monoisotopic (exact) mass is 372 g/mol. The van der Waals surface area contributed by atoms with E-state index in [1.807, 2.05) is 30.3 Å². The minimum atomic E-state index is -0.357. The van der Waals surface area contributed by atoms with E-state index in [1.54, 1.807) is 17.7 Å². The summed E-state index contributed by atoms with van der Waals surface area (Å²) < 4.78 is 1.66. The topological polar surface area (TPSA) is 51.1 Å². The molecule has 0 fully saturated rings. The highest BCUT2D eigenvalue weighted by Gasteiger charge is 2.21. The first kappa shape index (κ1) is 18.7. The van der Waals surface area contributed by atoms with Gasteiger partial charge < -0.3 is 9.88 Å². The SMILES string of the molecule is Cn1c2c(cc(C(=O)N[C@H](CCl)c3ccccc3)c1=O)CCCCCC2. The summed E-state index contributed by atoms with van der Waals surface area (Å²) >= 11 is 6.06. The highest BCUT2D eigenvalue weighted by Crippen LogP contribution is 2.20. The van der Waals surface area contributed by atoms with Crippen LogP contribution in [0.25, 0.3) is 0 Å². The van der Waals surface area contributed by atoms with Crippen molar-refractivity contribution < 1.29 is 4.79 Å². The molecule has 0 saturated heterocycles. The Morgan fingerprint density at radius 1 is 1.15 bits per heavy atom. The summed E-state index contributed by atoms with van der Waals surface area (Å²) in [6.07, 6.45) is 6.41. The van der Waals surface area contributed by atoms with E-state index >= 15 is 0 Å². The van der Waals surface area contributed by atoms with Crippen molar-refractivity contribution in [1.29, 1.82) is 0 Å². The molecule has 0 aliphatic heterocycles. The average Bonchev–Trinajstić information content (AvgIpc) is 2.64. The number of carbonyl (C=O) groups excluding carboxylic acids is 1. The van der Waals surface area contributed by atoms with Crippen LogP contribution in [0.4, 0.5) is 0 Å². The number of carbonyl (C=O) groups is 1. The van der Waals surface area contributed by atoms with Gasteiger partial charge in [0, 0.05) is 18.6 Å². The van der Waals surface area contributed by atoms with Crippen LogP contribution in [0, 0.1) is 0 Å². The summed E-state index contributed by atoms with van der Waals surface area (Å²) in [4.78, 5) is 25.6. The number of aromatic nitrogens is 1. The standard InChI is InChI=1S/C21H25ClN2O2/c1-24-19-12-8-3-2-5-11-16(19)13-17(21(24)26)20(25)23-18(14-22)15-9-6-4-7-10-15/h4,6-7,9-10,13,18H,2-3,5,8,11-12,14H2,1H3,(H,23,25)/t18-/m1/s1. The predicted molar refractivity (Wildman–Crippen MR) is 105 cm³/mol. The van der Waals surface area contributed by atoms with Crippen LogP contribution in [0.15, 0.2) is 41.2 Å². The van der Waals surface area contributed by atoms with Crippen molar-refractivity contribution in [3.63, 3.8) is 0 Å². The molecule has 1 aliphatic carbocycles. The summed E-state index contributed by atoms with van der Waals surface area (Å²) in [5.74, 6) is -0.106. The van der Waals surface area contributed by atoms with E-state index in [-0.39, 0.29) is 29.0 Å². The molecule has 0 unspecified atom stereocenters. The zero-order valence-electron chi connectivity index (χ0n) is 15.1. The summed E-state index contributed by atoms with van der Waals surface area (Å²) in [5.41, 5.74) is 3.10. The Bertz CT molecular complexity index is 830. The number of hydrogen-bond donors (Lipinski definition) is 1. The summed E-state index contributed by atoms with van der Waals surface area (Å²) in [6.45, 7) is 0. The average molecular weight is 373 g/mol. The Morgan fingerprint density at radius 3 is 2.54 bits per heavy atom. The molecule has 3 rings (SSSR count). The largest absolute Gasteiger partial charge is 0.344 e. The van der Waals surface area contributed by atoms with Crippen molar-refractivity contribution in [1.82, 2.24) is 9.88 Å². The number of nitrogens with one attached hydrogen (secondary N) is 1. The van der Waals surface area contributed by atoms with Crippen molar-refractivity contribution in [3.05, 3.63) is 69.1 Å². The Kier molecular flexibility index (Phi) is 6.15. The zero-order valence-corrected chi connectivity index (χ0v) is 15.9. The van der Waals surface area contributed by atoms with Crippen molar-refractivity contribution >= 4 is 17.5 Å². The van der Waals surface area contributed by atoms with Gasteiger partial charge in [-0.3, -0.25) is 9.59 Å². The van der Waals surface area contributed by atoms with Crippen LogP contribution in [0.5, 0.6) is 0 Å². The van der Waals surface area contributed by atoms with Crippen LogP contribution in [0.1, 0.15) is 58.9 Å². The first-order valence-electron chi connectivity index (χ1n) is 9.25. The third-order valence-corrected chi connectivity index (χ3v) is 5.45. The number of halogens is 1. The fourth-order valence-corrected chi connectivity index (χ4v) is 3.89. The van der Waals surface area contributed by atoms with Gasteiger partial charge in [0.15, 0.2) is 0 Å². The van der Waals surface area contributed by atoms with Gasteiger partial charge in [0.05, 0.1) is 6.04 Å². The fourth-order valence-electron chi connectivity index (χ4n) is 3.64. The summed E-state index contributed by atoms with van der Waals surface area (Å²) in [6, 6.07) is 11.1. The molecule has 0 radical (unpaired) electrons. The van der Waals surface area contributed by atoms with Gasteiger partial charge >= 0.3 is 0 Å². The minimum absolute atomic E-state index is 0.206. The van der Waals surface area contributed by atoms with Gasteiger partial charge in [0.1, 0.15) is 5.56 Å². The molecule has 1 aromatic heterocycles. The van der Waals surface area contributed by atoms with Crippen LogP contribution in [-0.4, -0.2) is 16.4 Å². The number of alkyl halides is 1. The third-order valence-electron chi connectivity index (χ3n) is 5.15. The Balaban J connectivity index is 1.90. The van der Waals surface area contributed by atoms with E-state index in [2.05, 4.69) is 5.32 Å². The molecular formula is C21H25ClN2O2. The second-order valence-corrected chi connectivity index (χ2v) is 7.21. The number of hydrogen-bond acceptors (Lipinski definition) is 2. The van der Waals surface area contributed by atoms with Gasteiger partial charge in [0.2, 0.25) is 0 Å². The van der Waals surface area contributed by atoms with Gasteiger partial charge in [-0.2, -0.15) is 0 Å². The van der Waals surface area contributed by atoms with E-state index in [9.17, 15) is 9.59 Å². The van der Waals surface area contributed by atoms with E-state index in [1.165, 1.54) is 12.8 Å². The lowest BCUT2D eigenvalue weighted by Crippen LogP contribution is -2.36. The van der Waals surface area contributed by atoms with Crippen LogP contribution >= 0.6 is 11.6 Å². The summed E-state index contributed by atoms with van der Waals surface area (Å²) in [5, 5.41) is 2.92.